The highest BCUT2D eigenvalue weighted by molar-refractivity contribution is 8.14. The number of esters is 1. The molecule has 1 aliphatic rings. The van der Waals surface area contributed by atoms with Gasteiger partial charge in [-0.2, -0.15) is 0 Å². The molecule has 1 aliphatic heterocycles. The van der Waals surface area contributed by atoms with Gasteiger partial charge in [-0.1, -0.05) is 48.2 Å². The summed E-state index contributed by atoms with van der Waals surface area (Å²) in [5.41, 5.74) is 2.00. The van der Waals surface area contributed by atoms with E-state index >= 15 is 0 Å². The van der Waals surface area contributed by atoms with Crippen LogP contribution in [0.3, 0.4) is 0 Å². The summed E-state index contributed by atoms with van der Waals surface area (Å²) in [4.78, 5) is 62.6. The summed E-state index contributed by atoms with van der Waals surface area (Å²) in [6, 6.07) is 11.6. The van der Waals surface area contributed by atoms with Crippen molar-refractivity contribution >= 4 is 40.3 Å². The summed E-state index contributed by atoms with van der Waals surface area (Å²) in [6.07, 6.45) is 0.423. The molecule has 1 N–H and O–H groups in total. The number of nitro groups is 1. The van der Waals surface area contributed by atoms with E-state index in [1.165, 1.54) is 38.0 Å². The van der Waals surface area contributed by atoms with Crippen LogP contribution in [0.25, 0.3) is 0 Å². The fraction of sp³-hybridized carbons (Fsp3) is 0.360. The van der Waals surface area contributed by atoms with Crippen LogP contribution in [0.5, 0.6) is 0 Å². The van der Waals surface area contributed by atoms with E-state index in [0.29, 0.717) is 17.5 Å². The second-order valence-corrected chi connectivity index (χ2v) is 9.82. The van der Waals surface area contributed by atoms with Gasteiger partial charge in [0.2, 0.25) is 11.8 Å². The van der Waals surface area contributed by atoms with Crippen LogP contribution >= 0.6 is 11.8 Å². The Morgan fingerprint density at radius 1 is 1.17 bits per heavy atom. The Kier molecular flexibility index (Phi) is 8.81. The van der Waals surface area contributed by atoms with Crippen molar-refractivity contribution < 1.29 is 28.8 Å². The average Bonchev–Trinajstić information content (AvgIpc) is 2.86. The van der Waals surface area contributed by atoms with Crippen molar-refractivity contribution in [3.05, 3.63) is 75.3 Å². The van der Waals surface area contributed by atoms with Crippen LogP contribution < -0.4 is 5.32 Å². The quantitative estimate of drug-likeness (QED) is 0.323. The van der Waals surface area contributed by atoms with Gasteiger partial charge >= 0.3 is 5.97 Å². The molecule has 0 unspecified atom stereocenters. The highest BCUT2D eigenvalue weighted by Crippen LogP contribution is 2.28. The van der Waals surface area contributed by atoms with E-state index < -0.39 is 40.0 Å². The van der Waals surface area contributed by atoms with E-state index in [0.717, 1.165) is 17.3 Å². The molecule has 1 heterocycles. The number of ether oxygens (including phenoxy) is 1. The first-order chi connectivity index (χ1) is 17.1. The minimum absolute atomic E-state index is 0.0501. The number of benzene rings is 2. The fourth-order valence-electron chi connectivity index (χ4n) is 4.10. The number of methoxy groups -OCH3 is 1. The van der Waals surface area contributed by atoms with Crippen molar-refractivity contribution in [3.63, 3.8) is 0 Å². The number of amides is 2. The third kappa shape index (κ3) is 6.48. The van der Waals surface area contributed by atoms with Gasteiger partial charge < -0.3 is 15.0 Å². The Morgan fingerprint density at radius 3 is 2.47 bits per heavy atom. The van der Waals surface area contributed by atoms with Crippen LogP contribution in [0.2, 0.25) is 0 Å². The molecule has 0 radical (unpaired) electrons. The maximum absolute atomic E-state index is 13.4. The lowest BCUT2D eigenvalue weighted by Gasteiger charge is -2.36. The molecule has 2 aromatic carbocycles. The van der Waals surface area contributed by atoms with E-state index in [9.17, 15) is 29.3 Å². The lowest BCUT2D eigenvalue weighted by molar-refractivity contribution is -0.385. The highest BCUT2D eigenvalue weighted by atomic mass is 32.2. The van der Waals surface area contributed by atoms with E-state index in [-0.39, 0.29) is 23.8 Å². The largest absolute Gasteiger partial charge is 0.467 e. The molecule has 0 saturated carbocycles. The first kappa shape index (κ1) is 26.9. The Morgan fingerprint density at radius 2 is 1.86 bits per heavy atom. The Hall–Kier alpha value is -3.73. The molecule has 3 rings (SSSR count). The minimum atomic E-state index is -1.02. The van der Waals surface area contributed by atoms with Crippen LogP contribution in [0.15, 0.2) is 48.5 Å². The van der Waals surface area contributed by atoms with E-state index in [1.54, 1.807) is 6.07 Å². The number of thioether (sulfide) groups is 1. The van der Waals surface area contributed by atoms with Crippen LogP contribution in [0, 0.1) is 10.1 Å². The third-order valence-corrected chi connectivity index (χ3v) is 6.88. The van der Waals surface area contributed by atoms with Gasteiger partial charge in [0.25, 0.3) is 5.69 Å². The number of nitrogens with one attached hydrogen (secondary N) is 1. The molecular formula is C25H27N3O7S. The van der Waals surface area contributed by atoms with Gasteiger partial charge in [0.1, 0.15) is 12.1 Å². The zero-order valence-electron chi connectivity index (χ0n) is 20.1. The number of hydrogen-bond acceptors (Lipinski definition) is 8. The molecule has 0 spiro atoms. The fourth-order valence-corrected chi connectivity index (χ4v) is 4.95. The van der Waals surface area contributed by atoms with Crippen molar-refractivity contribution in [2.75, 3.05) is 7.11 Å². The number of non-ortho nitro benzene ring substituents is 1. The smallest absolute Gasteiger partial charge is 0.328 e. The predicted molar refractivity (Wildman–Crippen MR) is 133 cm³/mol. The summed E-state index contributed by atoms with van der Waals surface area (Å²) >= 11 is 0.882. The molecule has 0 saturated heterocycles. The monoisotopic (exact) mass is 513 g/mol. The Balaban J connectivity index is 1.79. The molecule has 11 heteroatoms. The van der Waals surface area contributed by atoms with Crippen molar-refractivity contribution in [1.29, 1.82) is 0 Å². The number of carbonyl (C=O) groups is 4. The topological polar surface area (TPSA) is 136 Å². The molecule has 3 atom stereocenters. The first-order valence-electron chi connectivity index (χ1n) is 11.3. The lowest BCUT2D eigenvalue weighted by atomic mass is 9.93. The highest BCUT2D eigenvalue weighted by Gasteiger charge is 2.38. The Bertz CT molecular complexity index is 1170. The summed E-state index contributed by atoms with van der Waals surface area (Å²) in [7, 11) is 1.22. The molecule has 0 aliphatic carbocycles. The van der Waals surface area contributed by atoms with Crippen LogP contribution in [0.1, 0.15) is 30.5 Å². The number of hydrogen-bond donors (Lipinski definition) is 1. The minimum Gasteiger partial charge on any atom is -0.467 e. The van der Waals surface area contributed by atoms with E-state index in [1.807, 2.05) is 30.3 Å². The lowest BCUT2D eigenvalue weighted by Crippen LogP contribution is -2.56. The molecule has 0 bridgehead atoms. The van der Waals surface area contributed by atoms with Gasteiger partial charge in [-0.15, -0.1) is 0 Å². The second kappa shape index (κ2) is 11.8. The molecule has 0 fully saturated rings. The number of fused-ring (bicyclic) bond motifs is 1. The summed E-state index contributed by atoms with van der Waals surface area (Å²) in [6.45, 7) is 2.82. The third-order valence-electron chi connectivity index (χ3n) is 5.88. The zero-order valence-corrected chi connectivity index (χ0v) is 20.9. The molecule has 190 valence electrons. The standard InChI is InChI=1S/C25H27N3O7S/c1-15(26-23(30)22(36-16(2)29)11-17-7-5-4-6-8-17)24(31)27-14-19-12-20(28(33)34)10-9-18(19)13-21(27)25(32)35-3/h4-10,12,15,21-22H,11,13-14H2,1-3H3,(H,26,30)/t15-,21-,22-/m0/s1. The number of carbonyl (C=O) groups excluding carboxylic acids is 4. The van der Waals surface area contributed by atoms with Gasteiger partial charge in [0.15, 0.2) is 5.12 Å². The van der Waals surface area contributed by atoms with Gasteiger partial charge in [0, 0.05) is 32.0 Å². The Labute approximate surface area is 212 Å². The average molecular weight is 514 g/mol. The first-order valence-corrected chi connectivity index (χ1v) is 12.1. The molecule has 2 aromatic rings. The normalized spacial score (nSPS) is 16.3. The maximum Gasteiger partial charge on any atom is 0.328 e. The number of rotatable bonds is 8. The van der Waals surface area contributed by atoms with Gasteiger partial charge in [-0.25, -0.2) is 4.79 Å². The van der Waals surface area contributed by atoms with Crippen LogP contribution in [-0.4, -0.2) is 57.2 Å². The summed E-state index contributed by atoms with van der Waals surface area (Å²) in [5.74, 6) is -1.65. The van der Waals surface area contributed by atoms with Crippen LogP contribution in [0.4, 0.5) is 5.69 Å². The summed E-state index contributed by atoms with van der Waals surface area (Å²) in [5, 5.41) is 12.9. The van der Waals surface area contributed by atoms with Crippen molar-refractivity contribution in [2.45, 2.75) is 50.6 Å². The van der Waals surface area contributed by atoms with E-state index in [4.69, 9.17) is 4.74 Å². The second-order valence-electron chi connectivity index (χ2n) is 8.44. The zero-order chi connectivity index (χ0) is 26.4. The SMILES string of the molecule is COC(=O)[C@@H]1Cc2ccc([N+](=O)[O-])cc2CN1C(=O)[C@H](C)NC(=O)[C@H](Cc1ccccc1)SC(C)=O. The maximum atomic E-state index is 13.4. The van der Waals surface area contributed by atoms with Crippen molar-refractivity contribution in [1.82, 2.24) is 10.2 Å². The molecule has 10 nitrogen and oxygen atoms in total. The van der Waals surface area contributed by atoms with Crippen molar-refractivity contribution in [3.8, 4) is 0 Å². The van der Waals surface area contributed by atoms with Gasteiger partial charge in [-0.05, 0) is 30.0 Å². The summed E-state index contributed by atoms with van der Waals surface area (Å²) < 4.78 is 4.89. The predicted octanol–water partition coefficient (Wildman–Crippen LogP) is 2.42. The number of nitro benzene ring substituents is 1. The molecular weight excluding hydrogens is 486 g/mol. The molecule has 2 amide bonds. The van der Waals surface area contributed by atoms with E-state index in [2.05, 4.69) is 5.32 Å². The molecule has 0 aromatic heterocycles. The van der Waals surface area contributed by atoms with Crippen LogP contribution in [-0.2, 0) is 43.3 Å². The number of nitrogens with zero attached hydrogens (tertiary/aromatic N) is 2. The van der Waals surface area contributed by atoms with Crippen molar-refractivity contribution in [2.24, 2.45) is 0 Å². The van der Waals surface area contributed by atoms with Gasteiger partial charge in [0.05, 0.1) is 17.3 Å². The van der Waals surface area contributed by atoms with Gasteiger partial charge in [-0.3, -0.25) is 24.5 Å². The molecule has 36 heavy (non-hydrogen) atoms.